The molecule has 1 unspecified atom stereocenters. The zero-order valence-corrected chi connectivity index (χ0v) is 11.9. The second-order valence-corrected chi connectivity index (χ2v) is 5.42. The van der Waals surface area contributed by atoms with Gasteiger partial charge in [0.1, 0.15) is 0 Å². The number of nitrogens with two attached hydrogens (primary N) is 1. The molecule has 0 aliphatic rings. The number of anilines is 2. The molecule has 0 heterocycles. The predicted octanol–water partition coefficient (Wildman–Crippen LogP) is 2.18. The number of carbonyl (C=O) groups excluding carboxylic acids is 1. The molecule has 100 valence electrons. The van der Waals surface area contributed by atoms with Crippen molar-refractivity contribution in [2.24, 2.45) is 0 Å². The Morgan fingerprint density at radius 2 is 2.22 bits per heavy atom. The van der Waals surface area contributed by atoms with E-state index >= 15 is 0 Å². The van der Waals surface area contributed by atoms with Gasteiger partial charge in [-0.05, 0) is 30.9 Å². The summed E-state index contributed by atoms with van der Waals surface area (Å²) >= 11 is 1.85. The molecule has 1 amide bonds. The summed E-state index contributed by atoms with van der Waals surface area (Å²) in [5, 5.41) is 6.50. The fraction of sp³-hybridized carbons (Fsp3) is 0.462. The first-order chi connectivity index (χ1) is 8.58. The van der Waals surface area contributed by atoms with Crippen LogP contribution in [0.1, 0.15) is 23.7 Å². The van der Waals surface area contributed by atoms with Crippen LogP contribution in [0.2, 0.25) is 0 Å². The molecule has 4 N–H and O–H groups in total. The Bertz CT molecular complexity index is 409. The molecule has 1 atom stereocenters. The van der Waals surface area contributed by atoms with Crippen LogP contribution in [-0.2, 0) is 0 Å². The zero-order chi connectivity index (χ0) is 13.5. The van der Waals surface area contributed by atoms with Crippen molar-refractivity contribution in [3.05, 3.63) is 23.8 Å². The minimum Gasteiger partial charge on any atom is -0.397 e. The van der Waals surface area contributed by atoms with E-state index in [-0.39, 0.29) is 5.91 Å². The minimum atomic E-state index is -0.121. The standard InChI is InChI=1S/C13H21N3OS/c1-9(18-3)6-7-16-12-5-4-10(8-11(12)14)13(17)15-2/h4-5,8-9,16H,6-7,14H2,1-3H3,(H,15,17). The van der Waals surface area contributed by atoms with Gasteiger partial charge in [0.15, 0.2) is 0 Å². The number of benzene rings is 1. The predicted molar refractivity (Wildman–Crippen MR) is 80.3 cm³/mol. The molecule has 0 bridgehead atoms. The van der Waals surface area contributed by atoms with E-state index in [4.69, 9.17) is 5.73 Å². The zero-order valence-electron chi connectivity index (χ0n) is 11.1. The molecular formula is C13H21N3OS. The third-order valence-electron chi connectivity index (χ3n) is 2.81. The molecule has 0 saturated carbocycles. The largest absolute Gasteiger partial charge is 0.397 e. The van der Waals surface area contributed by atoms with Gasteiger partial charge in [0.05, 0.1) is 11.4 Å². The van der Waals surface area contributed by atoms with Crippen LogP contribution in [0.4, 0.5) is 11.4 Å². The van der Waals surface area contributed by atoms with E-state index in [9.17, 15) is 4.79 Å². The van der Waals surface area contributed by atoms with Gasteiger partial charge in [0.25, 0.3) is 5.91 Å². The second-order valence-electron chi connectivity index (χ2n) is 4.14. The lowest BCUT2D eigenvalue weighted by molar-refractivity contribution is 0.0963. The lowest BCUT2D eigenvalue weighted by Gasteiger charge is -2.12. The molecule has 5 heteroatoms. The van der Waals surface area contributed by atoms with Gasteiger partial charge in [-0.2, -0.15) is 11.8 Å². The molecule has 0 aliphatic carbocycles. The van der Waals surface area contributed by atoms with Gasteiger partial charge in [-0.15, -0.1) is 0 Å². The van der Waals surface area contributed by atoms with Crippen LogP contribution in [0, 0.1) is 0 Å². The summed E-state index contributed by atoms with van der Waals surface area (Å²) in [5.41, 5.74) is 7.99. The fourth-order valence-electron chi connectivity index (χ4n) is 1.54. The summed E-state index contributed by atoms with van der Waals surface area (Å²) in [6, 6.07) is 5.32. The van der Waals surface area contributed by atoms with E-state index in [0.717, 1.165) is 18.7 Å². The highest BCUT2D eigenvalue weighted by molar-refractivity contribution is 7.99. The summed E-state index contributed by atoms with van der Waals surface area (Å²) in [6.45, 7) is 3.08. The number of rotatable bonds is 6. The first-order valence-corrected chi connectivity index (χ1v) is 7.25. The highest BCUT2D eigenvalue weighted by atomic mass is 32.2. The van der Waals surface area contributed by atoms with E-state index in [0.29, 0.717) is 16.5 Å². The summed E-state index contributed by atoms with van der Waals surface area (Å²) in [4.78, 5) is 11.4. The third kappa shape index (κ3) is 4.14. The molecule has 4 nitrogen and oxygen atoms in total. The molecule has 18 heavy (non-hydrogen) atoms. The van der Waals surface area contributed by atoms with Crippen molar-refractivity contribution >= 4 is 29.0 Å². The lowest BCUT2D eigenvalue weighted by Crippen LogP contribution is -2.18. The molecule has 0 spiro atoms. The average Bonchev–Trinajstić information content (AvgIpc) is 2.39. The Hall–Kier alpha value is -1.36. The summed E-state index contributed by atoms with van der Waals surface area (Å²) in [5.74, 6) is -0.121. The van der Waals surface area contributed by atoms with Crippen molar-refractivity contribution in [2.75, 3.05) is 30.9 Å². The molecule has 0 radical (unpaired) electrons. The molecular weight excluding hydrogens is 246 g/mol. The van der Waals surface area contributed by atoms with Crippen LogP contribution in [0.3, 0.4) is 0 Å². The van der Waals surface area contributed by atoms with Crippen molar-refractivity contribution in [3.8, 4) is 0 Å². The lowest BCUT2D eigenvalue weighted by atomic mass is 10.1. The number of carbonyl (C=O) groups is 1. The minimum absolute atomic E-state index is 0.121. The summed E-state index contributed by atoms with van der Waals surface area (Å²) in [7, 11) is 1.61. The van der Waals surface area contributed by atoms with Crippen LogP contribution < -0.4 is 16.4 Å². The average molecular weight is 267 g/mol. The molecule has 1 aromatic carbocycles. The van der Waals surface area contributed by atoms with E-state index in [2.05, 4.69) is 23.8 Å². The quantitative estimate of drug-likeness (QED) is 0.691. The van der Waals surface area contributed by atoms with E-state index in [1.165, 1.54) is 0 Å². The van der Waals surface area contributed by atoms with Crippen molar-refractivity contribution in [1.29, 1.82) is 0 Å². The van der Waals surface area contributed by atoms with Crippen LogP contribution in [0.5, 0.6) is 0 Å². The number of thioether (sulfide) groups is 1. The maximum absolute atomic E-state index is 11.4. The molecule has 0 fully saturated rings. The van der Waals surface area contributed by atoms with Gasteiger partial charge in [-0.3, -0.25) is 4.79 Å². The SMILES string of the molecule is CNC(=O)c1ccc(NCCC(C)SC)c(N)c1. The Labute approximate surface area is 113 Å². The Balaban J connectivity index is 2.60. The highest BCUT2D eigenvalue weighted by Gasteiger charge is 2.06. The Morgan fingerprint density at radius 3 is 2.78 bits per heavy atom. The van der Waals surface area contributed by atoms with Gasteiger partial charge in [-0.1, -0.05) is 6.92 Å². The van der Waals surface area contributed by atoms with Crippen molar-refractivity contribution in [3.63, 3.8) is 0 Å². The second kappa shape index (κ2) is 7.16. The van der Waals surface area contributed by atoms with Gasteiger partial charge in [-0.25, -0.2) is 0 Å². The van der Waals surface area contributed by atoms with Crippen molar-refractivity contribution in [1.82, 2.24) is 5.32 Å². The maximum Gasteiger partial charge on any atom is 0.251 e. The van der Waals surface area contributed by atoms with E-state index < -0.39 is 0 Å². The fourth-order valence-corrected chi connectivity index (χ4v) is 1.89. The maximum atomic E-state index is 11.4. The normalized spacial score (nSPS) is 11.9. The van der Waals surface area contributed by atoms with E-state index in [1.807, 2.05) is 17.8 Å². The first kappa shape index (κ1) is 14.7. The molecule has 0 aliphatic heterocycles. The third-order valence-corrected chi connectivity index (χ3v) is 3.85. The van der Waals surface area contributed by atoms with Crippen LogP contribution in [0.15, 0.2) is 18.2 Å². The summed E-state index contributed by atoms with van der Waals surface area (Å²) < 4.78 is 0. The number of nitrogens with one attached hydrogen (secondary N) is 2. The van der Waals surface area contributed by atoms with Crippen LogP contribution in [0.25, 0.3) is 0 Å². The topological polar surface area (TPSA) is 67.2 Å². The monoisotopic (exact) mass is 267 g/mol. The summed E-state index contributed by atoms with van der Waals surface area (Å²) in [6.07, 6.45) is 3.19. The molecule has 0 aromatic heterocycles. The molecule has 1 aromatic rings. The number of amides is 1. The number of hydrogen-bond acceptors (Lipinski definition) is 4. The van der Waals surface area contributed by atoms with E-state index in [1.54, 1.807) is 19.2 Å². The molecule has 1 rings (SSSR count). The Kier molecular flexibility index (Phi) is 5.85. The van der Waals surface area contributed by atoms with Crippen LogP contribution >= 0.6 is 11.8 Å². The van der Waals surface area contributed by atoms with Gasteiger partial charge in [0, 0.05) is 24.4 Å². The smallest absolute Gasteiger partial charge is 0.251 e. The van der Waals surface area contributed by atoms with Gasteiger partial charge < -0.3 is 16.4 Å². The van der Waals surface area contributed by atoms with Gasteiger partial charge in [0.2, 0.25) is 0 Å². The number of nitrogen functional groups attached to an aromatic ring is 1. The van der Waals surface area contributed by atoms with Crippen LogP contribution in [-0.4, -0.2) is 31.0 Å². The Morgan fingerprint density at radius 1 is 1.50 bits per heavy atom. The molecule has 0 saturated heterocycles. The van der Waals surface area contributed by atoms with Crippen molar-refractivity contribution < 1.29 is 4.79 Å². The van der Waals surface area contributed by atoms with Crippen molar-refractivity contribution in [2.45, 2.75) is 18.6 Å². The van der Waals surface area contributed by atoms with Gasteiger partial charge >= 0.3 is 0 Å². The highest BCUT2D eigenvalue weighted by Crippen LogP contribution is 2.20. The first-order valence-electron chi connectivity index (χ1n) is 5.96. The number of hydrogen-bond donors (Lipinski definition) is 3.